The van der Waals surface area contributed by atoms with Crippen LogP contribution in [0.4, 0.5) is 0 Å². The average Bonchev–Trinajstić information content (AvgIpc) is 3.29. The summed E-state index contributed by atoms with van der Waals surface area (Å²) >= 11 is 0. The molecule has 6 nitrogen and oxygen atoms in total. The third-order valence-corrected chi connectivity index (χ3v) is 4.90. The van der Waals surface area contributed by atoms with Crippen molar-refractivity contribution >= 4 is 0 Å². The zero-order chi connectivity index (χ0) is 19.1. The van der Waals surface area contributed by atoms with Crippen LogP contribution in [-0.2, 0) is 6.54 Å². The summed E-state index contributed by atoms with van der Waals surface area (Å²) in [6.07, 6.45) is 2.29. The smallest absolute Gasteiger partial charge is 0.171 e. The molecule has 4 rings (SSSR count). The minimum atomic E-state index is 0.467. The van der Waals surface area contributed by atoms with E-state index >= 15 is 0 Å². The van der Waals surface area contributed by atoms with E-state index in [2.05, 4.69) is 11.2 Å². The monoisotopic (exact) mass is 362 g/mol. The molecule has 2 heterocycles. The normalized spacial score (nSPS) is 13.6. The summed E-state index contributed by atoms with van der Waals surface area (Å²) in [5, 5.41) is 18.1. The Morgan fingerprint density at radius 1 is 1.19 bits per heavy atom. The molecule has 1 fully saturated rings. The summed E-state index contributed by atoms with van der Waals surface area (Å²) in [6, 6.07) is 8.02. The largest absolute Gasteiger partial charge is 0.453 e. The molecule has 1 aliphatic rings. The number of ether oxygens (including phenoxy) is 1. The summed E-state index contributed by atoms with van der Waals surface area (Å²) in [4.78, 5) is 0. The molecule has 138 valence electrons. The third-order valence-electron chi connectivity index (χ3n) is 4.90. The number of aromatic nitrogens is 3. The average molecular weight is 362 g/mol. The van der Waals surface area contributed by atoms with Crippen molar-refractivity contribution in [2.75, 3.05) is 0 Å². The number of nitrogens with zero attached hydrogens (tertiary/aromatic N) is 4. The number of aryl methyl sites for hydroxylation is 4. The molecule has 1 saturated carbocycles. The van der Waals surface area contributed by atoms with Crippen molar-refractivity contribution in [3.05, 3.63) is 57.7 Å². The van der Waals surface area contributed by atoms with E-state index in [-0.39, 0.29) is 0 Å². The van der Waals surface area contributed by atoms with E-state index in [0.29, 0.717) is 18.0 Å². The van der Waals surface area contributed by atoms with E-state index in [1.807, 2.05) is 50.6 Å². The number of rotatable bonds is 5. The van der Waals surface area contributed by atoms with Gasteiger partial charge in [-0.15, -0.1) is 0 Å². The Hall–Kier alpha value is -3.07. The van der Waals surface area contributed by atoms with E-state index in [4.69, 9.17) is 14.4 Å². The second kappa shape index (κ2) is 6.58. The van der Waals surface area contributed by atoms with Crippen LogP contribution in [0.1, 0.15) is 58.3 Å². The van der Waals surface area contributed by atoms with Crippen LogP contribution in [0.2, 0.25) is 0 Å². The van der Waals surface area contributed by atoms with Gasteiger partial charge >= 0.3 is 0 Å². The first-order chi connectivity index (χ1) is 13.0. The molecule has 0 unspecified atom stereocenters. The molecule has 0 bridgehead atoms. The lowest BCUT2D eigenvalue weighted by molar-refractivity contribution is 0.387. The fourth-order valence-electron chi connectivity index (χ4n) is 3.51. The molecule has 27 heavy (non-hydrogen) atoms. The topological polar surface area (TPSA) is 76.9 Å². The first-order valence-corrected chi connectivity index (χ1v) is 9.15. The molecule has 0 amide bonds. The Morgan fingerprint density at radius 2 is 1.89 bits per heavy atom. The molecular formula is C21H22N4O2. The summed E-state index contributed by atoms with van der Waals surface area (Å²) in [5.41, 5.74) is 5.38. The maximum Gasteiger partial charge on any atom is 0.171 e. The number of benzene rings is 1. The summed E-state index contributed by atoms with van der Waals surface area (Å²) in [5.74, 6) is 2.82. The van der Waals surface area contributed by atoms with Gasteiger partial charge < -0.3 is 9.26 Å². The van der Waals surface area contributed by atoms with Crippen LogP contribution in [0.15, 0.2) is 22.7 Å². The van der Waals surface area contributed by atoms with Gasteiger partial charge in [0.05, 0.1) is 23.9 Å². The molecule has 0 atom stereocenters. The molecule has 0 radical (unpaired) electrons. The van der Waals surface area contributed by atoms with Gasteiger partial charge in [-0.05, 0) is 63.8 Å². The van der Waals surface area contributed by atoms with Crippen LogP contribution in [0.25, 0.3) is 0 Å². The molecule has 3 aromatic rings. The van der Waals surface area contributed by atoms with E-state index in [9.17, 15) is 5.26 Å². The van der Waals surface area contributed by atoms with Crippen molar-refractivity contribution in [3.63, 3.8) is 0 Å². The van der Waals surface area contributed by atoms with Gasteiger partial charge in [-0.3, -0.25) is 4.68 Å². The van der Waals surface area contributed by atoms with Gasteiger partial charge in [0.2, 0.25) is 0 Å². The van der Waals surface area contributed by atoms with Crippen molar-refractivity contribution in [2.24, 2.45) is 0 Å². The van der Waals surface area contributed by atoms with Crippen molar-refractivity contribution in [3.8, 4) is 17.6 Å². The molecule has 6 heteroatoms. The van der Waals surface area contributed by atoms with E-state index < -0.39 is 0 Å². The van der Waals surface area contributed by atoms with Gasteiger partial charge in [0.25, 0.3) is 0 Å². The highest BCUT2D eigenvalue weighted by Crippen LogP contribution is 2.46. The molecule has 0 saturated heterocycles. The van der Waals surface area contributed by atoms with Crippen molar-refractivity contribution < 1.29 is 9.26 Å². The quantitative estimate of drug-likeness (QED) is 0.658. The van der Waals surface area contributed by atoms with E-state index in [1.165, 1.54) is 0 Å². The predicted molar refractivity (Wildman–Crippen MR) is 100.0 cm³/mol. The number of nitriles is 1. The van der Waals surface area contributed by atoms with Gasteiger partial charge in [-0.1, -0.05) is 5.16 Å². The molecular weight excluding hydrogens is 340 g/mol. The number of hydrogen-bond donors (Lipinski definition) is 0. The lowest BCUT2D eigenvalue weighted by Crippen LogP contribution is -2.06. The van der Waals surface area contributed by atoms with E-state index in [0.717, 1.165) is 58.3 Å². The Bertz CT molecular complexity index is 1030. The lowest BCUT2D eigenvalue weighted by atomic mass is 10.0. The first kappa shape index (κ1) is 17.3. The van der Waals surface area contributed by atoms with Crippen LogP contribution >= 0.6 is 0 Å². The summed E-state index contributed by atoms with van der Waals surface area (Å²) in [7, 11) is 0. The molecule has 0 aliphatic heterocycles. The van der Waals surface area contributed by atoms with Crippen LogP contribution in [0, 0.1) is 39.0 Å². The van der Waals surface area contributed by atoms with Crippen molar-refractivity contribution in [1.82, 2.24) is 14.9 Å². The molecule has 1 aliphatic carbocycles. The predicted octanol–water partition coefficient (Wildman–Crippen LogP) is 4.69. The zero-order valence-corrected chi connectivity index (χ0v) is 16.0. The van der Waals surface area contributed by atoms with Crippen molar-refractivity contribution in [1.29, 1.82) is 5.26 Å². The Balaban J connectivity index is 1.70. The Labute approximate surface area is 158 Å². The van der Waals surface area contributed by atoms with Gasteiger partial charge in [-0.25, -0.2) is 0 Å². The van der Waals surface area contributed by atoms with Crippen LogP contribution in [-0.4, -0.2) is 14.9 Å². The lowest BCUT2D eigenvalue weighted by Gasteiger charge is -2.11. The second-order valence-corrected chi connectivity index (χ2v) is 7.31. The fraction of sp³-hybridized carbons (Fsp3) is 0.381. The fourth-order valence-corrected chi connectivity index (χ4v) is 3.51. The van der Waals surface area contributed by atoms with Crippen molar-refractivity contribution in [2.45, 2.75) is 53.0 Å². The molecule has 1 aromatic carbocycles. The minimum Gasteiger partial charge on any atom is -0.453 e. The SMILES string of the molecule is Cc1cc(Cn2nc(C)c(Oc3cc(C)c(C#N)c(C)c3)c2C2CC2)no1. The molecule has 0 N–H and O–H groups in total. The highest BCUT2D eigenvalue weighted by atomic mass is 16.5. The molecule has 2 aromatic heterocycles. The minimum absolute atomic E-state index is 0.467. The van der Waals surface area contributed by atoms with Gasteiger partial charge in [-0.2, -0.15) is 10.4 Å². The second-order valence-electron chi connectivity index (χ2n) is 7.31. The van der Waals surface area contributed by atoms with Crippen LogP contribution < -0.4 is 4.74 Å². The van der Waals surface area contributed by atoms with Gasteiger partial charge in [0.1, 0.15) is 22.9 Å². The standard InChI is InChI=1S/C21H22N4O2/c1-12-7-18(8-13(2)19(12)10-22)26-21-15(4)23-25(20(21)16-5-6-16)11-17-9-14(3)27-24-17/h7-9,16H,5-6,11H2,1-4H3. The zero-order valence-electron chi connectivity index (χ0n) is 16.0. The Kier molecular flexibility index (Phi) is 4.23. The third kappa shape index (κ3) is 3.33. The van der Waals surface area contributed by atoms with E-state index in [1.54, 1.807) is 0 Å². The highest BCUT2D eigenvalue weighted by molar-refractivity contribution is 5.50. The Morgan fingerprint density at radius 3 is 2.44 bits per heavy atom. The van der Waals surface area contributed by atoms with Gasteiger partial charge in [0, 0.05) is 12.0 Å². The van der Waals surface area contributed by atoms with Crippen LogP contribution in [0.3, 0.4) is 0 Å². The maximum absolute atomic E-state index is 9.28. The highest BCUT2D eigenvalue weighted by Gasteiger charge is 2.33. The van der Waals surface area contributed by atoms with Gasteiger partial charge in [0.15, 0.2) is 5.75 Å². The first-order valence-electron chi connectivity index (χ1n) is 9.15. The maximum atomic E-state index is 9.28. The molecule has 0 spiro atoms. The summed E-state index contributed by atoms with van der Waals surface area (Å²) in [6.45, 7) is 8.29. The summed E-state index contributed by atoms with van der Waals surface area (Å²) < 4.78 is 13.5. The number of hydrogen-bond acceptors (Lipinski definition) is 5. The van der Waals surface area contributed by atoms with Crippen LogP contribution in [0.5, 0.6) is 11.5 Å².